The van der Waals surface area contributed by atoms with Crippen molar-refractivity contribution in [1.82, 2.24) is 10.6 Å². The summed E-state index contributed by atoms with van der Waals surface area (Å²) in [6.45, 7) is 11.6. The monoisotopic (exact) mass is 674 g/mol. The normalized spacial score (nSPS) is 22.6. The van der Waals surface area contributed by atoms with Gasteiger partial charge in [0.05, 0.1) is 31.8 Å². The molecule has 1 spiro atoms. The highest BCUT2D eigenvalue weighted by Gasteiger charge is 2.47. The average Bonchev–Trinajstić information content (AvgIpc) is 3.21. The molecule has 2 saturated heterocycles. The summed E-state index contributed by atoms with van der Waals surface area (Å²) < 4.78 is 16.0. The number of amides is 2. The Labute approximate surface area is 281 Å². The smallest absolute Gasteiger partial charge is 0.334 e. The number of hydrogen-bond acceptors (Lipinski definition) is 7. The van der Waals surface area contributed by atoms with Gasteiger partial charge in [0.2, 0.25) is 5.91 Å². The lowest BCUT2D eigenvalue weighted by Gasteiger charge is -2.35. The molecule has 3 aliphatic heterocycles. The molecule has 0 aromatic heterocycles. The van der Waals surface area contributed by atoms with Gasteiger partial charge in [0, 0.05) is 29.7 Å². The Hall–Kier alpha value is -3.11. The number of rotatable bonds is 7. The summed E-state index contributed by atoms with van der Waals surface area (Å²) in [4.78, 5) is 37.3. The SMILES string of the molecule is CCOC(=O)C1(NC(=O)Cc2c(C)cc(Cl)cc2C)CCCOC1.Cc1cc(Cl)cc(C)c1CC1=C(O)C2(CCCOC2)NC1=O. The van der Waals surface area contributed by atoms with E-state index in [4.69, 9.17) is 37.4 Å². The number of carbonyl (C=O) groups excluding carboxylic acids is 3. The van der Waals surface area contributed by atoms with Gasteiger partial charge in [0.1, 0.15) is 11.3 Å². The zero-order valence-electron chi connectivity index (χ0n) is 27.2. The molecule has 46 heavy (non-hydrogen) atoms. The summed E-state index contributed by atoms with van der Waals surface area (Å²) in [5, 5.41) is 17.7. The van der Waals surface area contributed by atoms with Gasteiger partial charge in [-0.25, -0.2) is 4.79 Å². The Balaban J connectivity index is 0.000000209. The first-order valence-corrected chi connectivity index (χ1v) is 16.5. The Morgan fingerprint density at radius 3 is 1.96 bits per heavy atom. The Bertz CT molecular complexity index is 1460. The van der Waals surface area contributed by atoms with Gasteiger partial charge in [-0.3, -0.25) is 9.59 Å². The number of ether oxygens (including phenoxy) is 3. The maximum atomic E-state index is 12.6. The van der Waals surface area contributed by atoms with Crippen LogP contribution in [0.4, 0.5) is 0 Å². The fourth-order valence-corrected chi connectivity index (χ4v) is 7.11. The van der Waals surface area contributed by atoms with Gasteiger partial charge in [-0.05, 0) is 118 Å². The quantitative estimate of drug-likeness (QED) is 0.321. The van der Waals surface area contributed by atoms with Gasteiger partial charge in [0.15, 0.2) is 5.54 Å². The molecule has 250 valence electrons. The lowest BCUT2D eigenvalue weighted by Crippen LogP contribution is -2.60. The minimum atomic E-state index is -1.08. The van der Waals surface area contributed by atoms with Crippen LogP contribution in [0.1, 0.15) is 66.0 Å². The van der Waals surface area contributed by atoms with E-state index in [0.717, 1.165) is 39.8 Å². The molecular formula is C35H44Cl2N2O7. The molecule has 3 N–H and O–H groups in total. The first-order valence-electron chi connectivity index (χ1n) is 15.7. The molecule has 2 amide bonds. The lowest BCUT2D eigenvalue weighted by molar-refractivity contribution is -0.159. The Kier molecular flexibility index (Phi) is 11.8. The molecule has 0 bridgehead atoms. The van der Waals surface area contributed by atoms with Crippen molar-refractivity contribution in [1.29, 1.82) is 0 Å². The number of carbonyl (C=O) groups is 3. The summed E-state index contributed by atoms with van der Waals surface area (Å²) >= 11 is 12.1. The largest absolute Gasteiger partial charge is 0.509 e. The number of aliphatic hydroxyl groups is 1. The Morgan fingerprint density at radius 2 is 1.46 bits per heavy atom. The lowest BCUT2D eigenvalue weighted by atomic mass is 9.89. The van der Waals surface area contributed by atoms with Crippen LogP contribution in [0.15, 0.2) is 35.6 Å². The van der Waals surface area contributed by atoms with Crippen molar-refractivity contribution in [2.75, 3.05) is 33.0 Å². The molecule has 3 heterocycles. The second kappa shape index (κ2) is 15.2. The summed E-state index contributed by atoms with van der Waals surface area (Å²) in [5.41, 5.74) is 4.57. The van der Waals surface area contributed by atoms with Crippen molar-refractivity contribution in [3.05, 3.63) is 79.0 Å². The van der Waals surface area contributed by atoms with E-state index in [1.54, 1.807) is 6.92 Å². The standard InChI is InChI=1S/C18H24ClNO4.C17H20ClNO3/c1-4-24-17(22)18(6-5-7-23-11-18)20-16(21)10-15-12(2)8-14(19)9-13(15)3;1-10-6-12(18)7-11(2)13(10)8-14-15(20)17(19-16(14)21)4-3-5-22-9-17/h8-9H,4-7,10-11H2,1-3H3,(H,20,21);6-7,20H,3-5,8-9H2,1-2H3,(H,19,21). The highest BCUT2D eigenvalue weighted by Crippen LogP contribution is 2.35. The van der Waals surface area contributed by atoms with E-state index in [9.17, 15) is 19.5 Å². The third kappa shape index (κ3) is 8.05. The van der Waals surface area contributed by atoms with Gasteiger partial charge in [0.25, 0.3) is 5.91 Å². The molecule has 5 rings (SSSR count). The molecule has 2 fully saturated rings. The summed E-state index contributed by atoms with van der Waals surface area (Å²) in [6, 6.07) is 7.44. The van der Waals surface area contributed by atoms with Gasteiger partial charge in [-0.15, -0.1) is 0 Å². The summed E-state index contributed by atoms with van der Waals surface area (Å²) in [7, 11) is 0. The Morgan fingerprint density at radius 1 is 0.913 bits per heavy atom. The number of nitrogens with one attached hydrogen (secondary N) is 2. The topological polar surface area (TPSA) is 123 Å². The van der Waals surface area contributed by atoms with E-state index in [0.29, 0.717) is 61.1 Å². The van der Waals surface area contributed by atoms with Gasteiger partial charge < -0.3 is 30.0 Å². The minimum Gasteiger partial charge on any atom is -0.509 e. The van der Waals surface area contributed by atoms with Crippen molar-refractivity contribution in [3.63, 3.8) is 0 Å². The predicted molar refractivity (Wildman–Crippen MR) is 177 cm³/mol. The highest BCUT2D eigenvalue weighted by atomic mass is 35.5. The van der Waals surface area contributed by atoms with Crippen LogP contribution in [0.3, 0.4) is 0 Å². The predicted octanol–water partition coefficient (Wildman–Crippen LogP) is 5.72. The molecule has 0 saturated carbocycles. The first kappa shape index (κ1) is 35.7. The van der Waals surface area contributed by atoms with Crippen LogP contribution in [0.25, 0.3) is 0 Å². The zero-order valence-corrected chi connectivity index (χ0v) is 28.8. The minimum absolute atomic E-state index is 0.144. The van der Waals surface area contributed by atoms with Gasteiger partial charge >= 0.3 is 5.97 Å². The van der Waals surface area contributed by atoms with Crippen LogP contribution >= 0.6 is 23.2 Å². The third-order valence-corrected chi connectivity index (χ3v) is 9.34. The van der Waals surface area contributed by atoms with Crippen molar-refractivity contribution in [3.8, 4) is 0 Å². The maximum absolute atomic E-state index is 12.6. The molecule has 11 heteroatoms. The van der Waals surface area contributed by atoms with Crippen LogP contribution in [0.2, 0.25) is 10.0 Å². The van der Waals surface area contributed by atoms with Crippen LogP contribution in [0, 0.1) is 27.7 Å². The maximum Gasteiger partial charge on any atom is 0.334 e. The number of hydrogen-bond donors (Lipinski definition) is 3. The third-order valence-electron chi connectivity index (χ3n) is 8.90. The molecule has 2 aromatic rings. The van der Waals surface area contributed by atoms with Crippen LogP contribution in [-0.2, 0) is 41.4 Å². The fraction of sp³-hybridized carbons (Fsp3) is 0.514. The van der Waals surface area contributed by atoms with Crippen molar-refractivity contribution in [2.24, 2.45) is 0 Å². The molecule has 9 nitrogen and oxygen atoms in total. The van der Waals surface area contributed by atoms with Crippen molar-refractivity contribution >= 4 is 41.0 Å². The van der Waals surface area contributed by atoms with Crippen molar-refractivity contribution in [2.45, 2.75) is 84.2 Å². The van der Waals surface area contributed by atoms with E-state index in [1.165, 1.54) is 0 Å². The molecule has 2 aromatic carbocycles. The molecular weight excluding hydrogens is 631 g/mol. The van der Waals surface area contributed by atoms with E-state index in [1.807, 2.05) is 52.0 Å². The second-order valence-corrected chi connectivity index (χ2v) is 13.3. The number of halogens is 2. The van der Waals surface area contributed by atoms with E-state index >= 15 is 0 Å². The average molecular weight is 676 g/mol. The molecule has 2 atom stereocenters. The van der Waals surface area contributed by atoms with Crippen LogP contribution in [0.5, 0.6) is 0 Å². The molecule has 0 radical (unpaired) electrons. The highest BCUT2D eigenvalue weighted by molar-refractivity contribution is 6.31. The number of aliphatic hydroxyl groups excluding tert-OH is 1. The summed E-state index contributed by atoms with van der Waals surface area (Å²) in [6.07, 6.45) is 3.38. The van der Waals surface area contributed by atoms with E-state index < -0.39 is 17.0 Å². The van der Waals surface area contributed by atoms with Crippen LogP contribution < -0.4 is 10.6 Å². The molecule has 2 unspecified atom stereocenters. The second-order valence-electron chi connectivity index (χ2n) is 12.4. The van der Waals surface area contributed by atoms with Gasteiger partial charge in [-0.1, -0.05) is 23.2 Å². The summed E-state index contributed by atoms with van der Waals surface area (Å²) in [5.74, 6) is -0.702. The number of esters is 1. The number of aryl methyl sites for hydroxylation is 4. The molecule has 3 aliphatic rings. The van der Waals surface area contributed by atoms with Crippen LogP contribution in [-0.4, -0.2) is 67.0 Å². The van der Waals surface area contributed by atoms with Crippen molar-refractivity contribution < 1.29 is 33.7 Å². The number of benzene rings is 2. The zero-order chi connectivity index (χ0) is 33.6. The molecule has 0 aliphatic carbocycles. The fourth-order valence-electron chi connectivity index (χ4n) is 6.45. The van der Waals surface area contributed by atoms with E-state index in [2.05, 4.69) is 10.6 Å². The van der Waals surface area contributed by atoms with Gasteiger partial charge in [-0.2, -0.15) is 0 Å². The van der Waals surface area contributed by atoms with E-state index in [-0.39, 0.29) is 37.2 Å². The first-order chi connectivity index (χ1) is 21.8.